The molecule has 0 saturated carbocycles. The van der Waals surface area contributed by atoms with Crippen LogP contribution in [-0.2, 0) is 0 Å². The second-order valence-electron chi connectivity index (χ2n) is 7.36. The molecule has 3 heterocycles. The molecule has 6 heteroatoms. The van der Waals surface area contributed by atoms with Crippen molar-refractivity contribution >= 4 is 34.4 Å². The van der Waals surface area contributed by atoms with E-state index in [4.69, 9.17) is 9.40 Å². The van der Waals surface area contributed by atoms with Gasteiger partial charge in [0, 0.05) is 29.9 Å². The predicted octanol–water partition coefficient (Wildman–Crippen LogP) is 4.50. The molecule has 1 N–H and O–H groups in total. The van der Waals surface area contributed by atoms with E-state index in [0.717, 1.165) is 37.3 Å². The number of fused-ring (bicyclic) bond motifs is 1. The maximum Gasteiger partial charge on any atom is 0.254 e. The van der Waals surface area contributed by atoms with Gasteiger partial charge in [-0.05, 0) is 61.8 Å². The summed E-state index contributed by atoms with van der Waals surface area (Å²) in [4.78, 5) is 20.7. The molecule has 0 radical (unpaired) electrons. The Morgan fingerprint density at radius 3 is 3.04 bits per heavy atom. The lowest BCUT2D eigenvalue weighted by molar-refractivity contribution is 0.0945. The lowest BCUT2D eigenvalue weighted by Crippen LogP contribution is -2.41. The average molecular weight is 396 g/mol. The van der Waals surface area contributed by atoms with Crippen LogP contribution in [0.3, 0.4) is 0 Å². The summed E-state index contributed by atoms with van der Waals surface area (Å²) in [5.74, 6) is 1.38. The van der Waals surface area contributed by atoms with Gasteiger partial charge >= 0.3 is 0 Å². The number of aromatic nitrogens is 1. The van der Waals surface area contributed by atoms with Crippen molar-refractivity contribution < 1.29 is 9.21 Å². The van der Waals surface area contributed by atoms with Gasteiger partial charge in [-0.3, -0.25) is 4.79 Å². The van der Waals surface area contributed by atoms with Gasteiger partial charge in [0.05, 0.1) is 17.3 Å². The number of anilines is 1. The molecule has 1 aliphatic heterocycles. The number of carbonyl (C=O) groups excluding carboxylic acids is 1. The molecular formula is C22H25N3O2S. The van der Waals surface area contributed by atoms with Crippen molar-refractivity contribution in [2.75, 3.05) is 30.8 Å². The third-order valence-corrected chi connectivity index (χ3v) is 6.11. The van der Waals surface area contributed by atoms with Gasteiger partial charge in [-0.25, -0.2) is 4.98 Å². The fraction of sp³-hybridized carbons (Fsp3) is 0.364. The van der Waals surface area contributed by atoms with Crippen molar-refractivity contribution in [3.05, 3.63) is 54.0 Å². The summed E-state index contributed by atoms with van der Waals surface area (Å²) in [7, 11) is 0. The Morgan fingerprint density at radius 1 is 1.36 bits per heavy atom. The van der Waals surface area contributed by atoms with Crippen molar-refractivity contribution in [3.8, 4) is 0 Å². The Kier molecular flexibility index (Phi) is 5.57. The number of nitrogens with zero attached hydrogens (tertiary/aromatic N) is 2. The Labute approximate surface area is 169 Å². The van der Waals surface area contributed by atoms with Crippen LogP contribution >= 0.6 is 11.8 Å². The molecule has 1 aromatic carbocycles. The van der Waals surface area contributed by atoms with E-state index in [9.17, 15) is 4.79 Å². The van der Waals surface area contributed by atoms with E-state index < -0.39 is 0 Å². The number of hydrogen-bond donors (Lipinski definition) is 1. The summed E-state index contributed by atoms with van der Waals surface area (Å²) in [6, 6.07) is 10.4. The van der Waals surface area contributed by atoms with E-state index in [1.54, 1.807) is 17.8 Å². The lowest BCUT2D eigenvalue weighted by atomic mass is 9.97. The zero-order valence-corrected chi connectivity index (χ0v) is 17.1. The van der Waals surface area contributed by atoms with Crippen molar-refractivity contribution in [2.24, 2.45) is 5.92 Å². The summed E-state index contributed by atoms with van der Waals surface area (Å²) in [6.07, 6.45) is 7.31. The number of furan rings is 1. The van der Waals surface area contributed by atoms with E-state index in [1.165, 1.54) is 28.4 Å². The number of hydrogen-bond acceptors (Lipinski definition) is 5. The van der Waals surface area contributed by atoms with Crippen LogP contribution in [-0.4, -0.2) is 36.8 Å². The first-order valence-corrected chi connectivity index (χ1v) is 10.9. The molecule has 1 atom stereocenters. The van der Waals surface area contributed by atoms with Gasteiger partial charge in [0.25, 0.3) is 5.91 Å². The summed E-state index contributed by atoms with van der Waals surface area (Å²) in [5.41, 5.74) is 2.88. The van der Waals surface area contributed by atoms with E-state index in [2.05, 4.69) is 47.7 Å². The largest absolute Gasteiger partial charge is 0.472 e. The number of thioether (sulfide) groups is 1. The quantitative estimate of drug-likeness (QED) is 0.645. The molecule has 3 aromatic rings. The monoisotopic (exact) mass is 395 g/mol. The number of pyridine rings is 1. The summed E-state index contributed by atoms with van der Waals surface area (Å²) < 4.78 is 4.99. The maximum absolute atomic E-state index is 12.2. The fourth-order valence-corrected chi connectivity index (χ4v) is 4.26. The molecule has 1 amide bonds. The highest BCUT2D eigenvalue weighted by molar-refractivity contribution is 7.98. The van der Waals surface area contributed by atoms with Gasteiger partial charge in [-0.1, -0.05) is 6.07 Å². The van der Waals surface area contributed by atoms with Crippen molar-refractivity contribution in [1.82, 2.24) is 10.3 Å². The highest BCUT2D eigenvalue weighted by atomic mass is 32.2. The first kappa shape index (κ1) is 18.9. The van der Waals surface area contributed by atoms with E-state index >= 15 is 0 Å². The van der Waals surface area contributed by atoms with Gasteiger partial charge < -0.3 is 14.6 Å². The van der Waals surface area contributed by atoms with Gasteiger partial charge in [0.2, 0.25) is 0 Å². The third-order valence-electron chi connectivity index (χ3n) is 5.39. The molecule has 5 nitrogen and oxygen atoms in total. The number of piperidine rings is 1. The number of benzene rings is 1. The predicted molar refractivity (Wildman–Crippen MR) is 114 cm³/mol. The summed E-state index contributed by atoms with van der Waals surface area (Å²) >= 11 is 1.74. The van der Waals surface area contributed by atoms with Crippen LogP contribution in [0.2, 0.25) is 0 Å². The van der Waals surface area contributed by atoms with Crippen molar-refractivity contribution in [3.63, 3.8) is 0 Å². The van der Waals surface area contributed by atoms with Gasteiger partial charge in [0.1, 0.15) is 12.1 Å². The number of nitrogens with one attached hydrogen (secondary N) is 1. The van der Waals surface area contributed by atoms with Crippen LogP contribution in [0.25, 0.3) is 10.9 Å². The highest BCUT2D eigenvalue weighted by Gasteiger charge is 2.22. The minimum Gasteiger partial charge on any atom is -0.472 e. The first-order valence-electron chi connectivity index (χ1n) is 9.65. The molecule has 1 aliphatic rings. The zero-order valence-electron chi connectivity index (χ0n) is 16.3. The SMILES string of the molecule is CSc1ccc2c(C)cc(N3CCCC(CNC(=O)c4ccoc4)C3)nc2c1. The Bertz CT molecular complexity index is 971. The molecule has 1 fully saturated rings. The van der Waals surface area contributed by atoms with Crippen LogP contribution in [0.4, 0.5) is 5.82 Å². The summed E-state index contributed by atoms with van der Waals surface area (Å²) in [5, 5.41) is 4.24. The van der Waals surface area contributed by atoms with Crippen molar-refractivity contribution in [2.45, 2.75) is 24.7 Å². The summed E-state index contributed by atoms with van der Waals surface area (Å²) in [6.45, 7) is 4.74. The molecule has 2 aromatic heterocycles. The van der Waals surface area contributed by atoms with Crippen LogP contribution in [0.5, 0.6) is 0 Å². The molecule has 1 unspecified atom stereocenters. The number of rotatable bonds is 5. The lowest BCUT2D eigenvalue weighted by Gasteiger charge is -2.34. The molecule has 0 spiro atoms. The highest BCUT2D eigenvalue weighted by Crippen LogP contribution is 2.28. The van der Waals surface area contributed by atoms with Crippen LogP contribution < -0.4 is 10.2 Å². The Hall–Kier alpha value is -2.47. The molecular weight excluding hydrogens is 370 g/mol. The topological polar surface area (TPSA) is 58.4 Å². The number of aryl methyl sites for hydroxylation is 1. The third kappa shape index (κ3) is 4.02. The smallest absolute Gasteiger partial charge is 0.254 e. The fourth-order valence-electron chi connectivity index (χ4n) is 3.83. The molecule has 0 aliphatic carbocycles. The van der Waals surface area contributed by atoms with E-state index in [1.807, 2.05) is 0 Å². The number of carbonyl (C=O) groups is 1. The molecule has 1 saturated heterocycles. The van der Waals surface area contributed by atoms with E-state index in [0.29, 0.717) is 18.0 Å². The molecule has 28 heavy (non-hydrogen) atoms. The maximum atomic E-state index is 12.2. The second-order valence-corrected chi connectivity index (χ2v) is 8.24. The molecule has 146 valence electrons. The standard InChI is InChI=1S/C22H25N3O2S/c1-15-10-21(24-20-11-18(28-2)5-6-19(15)20)25-8-3-4-16(13-25)12-23-22(26)17-7-9-27-14-17/h5-7,9-11,14,16H,3-4,8,12-13H2,1-2H3,(H,23,26). The van der Waals surface area contributed by atoms with Gasteiger partial charge in [-0.15, -0.1) is 11.8 Å². The van der Waals surface area contributed by atoms with Crippen LogP contribution in [0, 0.1) is 12.8 Å². The van der Waals surface area contributed by atoms with E-state index in [-0.39, 0.29) is 5.91 Å². The van der Waals surface area contributed by atoms with Crippen molar-refractivity contribution in [1.29, 1.82) is 0 Å². The second kappa shape index (κ2) is 8.27. The van der Waals surface area contributed by atoms with Gasteiger partial charge in [-0.2, -0.15) is 0 Å². The first-order chi connectivity index (χ1) is 13.6. The molecule has 4 rings (SSSR count). The number of amides is 1. The Morgan fingerprint density at radius 2 is 2.25 bits per heavy atom. The van der Waals surface area contributed by atoms with Crippen LogP contribution in [0.15, 0.2) is 52.2 Å². The zero-order chi connectivity index (χ0) is 19.5. The normalized spacial score (nSPS) is 17.1. The average Bonchev–Trinajstić information content (AvgIpc) is 3.26. The minimum absolute atomic E-state index is 0.0739. The minimum atomic E-state index is -0.0739. The van der Waals surface area contributed by atoms with Gasteiger partial charge in [0.15, 0.2) is 0 Å². The van der Waals surface area contributed by atoms with Crippen LogP contribution in [0.1, 0.15) is 28.8 Å². The molecule has 0 bridgehead atoms. The Balaban J connectivity index is 1.47.